The van der Waals surface area contributed by atoms with Gasteiger partial charge in [0, 0.05) is 20.0 Å². The van der Waals surface area contributed by atoms with Gasteiger partial charge in [-0.1, -0.05) is 12.8 Å². The number of ether oxygens (including phenoxy) is 1. The van der Waals surface area contributed by atoms with Gasteiger partial charge < -0.3 is 10.1 Å². The summed E-state index contributed by atoms with van der Waals surface area (Å²) in [5.41, 5.74) is 0. The van der Waals surface area contributed by atoms with Crippen LogP contribution >= 0.6 is 12.8 Å². The molecule has 1 N–H and O–H groups in total. The Kier molecular flexibility index (Phi) is 2.68. The summed E-state index contributed by atoms with van der Waals surface area (Å²) in [5, 5.41) is 3.01. The summed E-state index contributed by atoms with van der Waals surface area (Å²) in [4.78, 5) is 10.8. The van der Waals surface area contributed by atoms with Crippen molar-refractivity contribution in [2.24, 2.45) is 0 Å². The average molecular weight is 220 g/mol. The Morgan fingerprint density at radius 1 is 1.71 bits per heavy atom. The minimum atomic E-state index is -0.932. The molecule has 0 aliphatic carbocycles. The molecule has 2 saturated heterocycles. The van der Waals surface area contributed by atoms with Crippen molar-refractivity contribution in [2.45, 2.75) is 31.3 Å². The zero-order valence-corrected chi connectivity index (χ0v) is 8.71. The number of nitrogens with one attached hydrogen (secondary N) is 1. The van der Waals surface area contributed by atoms with E-state index in [1.54, 1.807) is 4.31 Å². The third kappa shape index (κ3) is 1.62. The summed E-state index contributed by atoms with van der Waals surface area (Å²) >= 11 is 4.17. The fraction of sp³-hybridized carbons (Fsp3) is 0.875. The number of halogens is 1. The Morgan fingerprint density at radius 3 is 3.07 bits per heavy atom. The first-order valence-corrected chi connectivity index (χ1v) is 5.00. The quantitative estimate of drug-likeness (QED) is 0.472. The summed E-state index contributed by atoms with van der Waals surface area (Å²) in [7, 11) is 0. The highest BCUT2D eigenvalue weighted by Crippen LogP contribution is 2.30. The molecule has 0 aromatic carbocycles. The van der Waals surface area contributed by atoms with Crippen molar-refractivity contribution in [2.75, 3.05) is 13.1 Å². The molecule has 6 heteroatoms. The number of thiol groups is 1. The molecule has 2 aliphatic rings. The maximum atomic E-state index is 13.3. The second-order valence-corrected chi connectivity index (χ2v) is 4.22. The molecule has 0 spiro atoms. The van der Waals surface area contributed by atoms with E-state index in [4.69, 9.17) is 4.74 Å². The van der Waals surface area contributed by atoms with Gasteiger partial charge in [0.1, 0.15) is 12.3 Å². The van der Waals surface area contributed by atoms with Crippen LogP contribution in [0, 0.1) is 0 Å². The second-order valence-electron chi connectivity index (χ2n) is 3.71. The van der Waals surface area contributed by atoms with Gasteiger partial charge in [0.2, 0.25) is 0 Å². The summed E-state index contributed by atoms with van der Waals surface area (Å²) in [6, 6.07) is -0.394. The average Bonchev–Trinajstić information content (AvgIpc) is 2.56. The monoisotopic (exact) mass is 220 g/mol. The van der Waals surface area contributed by atoms with Gasteiger partial charge in [-0.3, -0.25) is 4.79 Å². The van der Waals surface area contributed by atoms with Crippen molar-refractivity contribution in [1.29, 1.82) is 0 Å². The lowest BCUT2D eigenvalue weighted by atomic mass is 10.1. The Labute approximate surface area is 87.3 Å². The number of hydrogen-bond donors (Lipinski definition) is 2. The molecule has 2 rings (SSSR count). The van der Waals surface area contributed by atoms with Crippen LogP contribution in [0.4, 0.5) is 4.39 Å². The number of nitrogens with zero attached hydrogens (tertiary/aromatic N) is 1. The lowest BCUT2D eigenvalue weighted by Gasteiger charge is -2.17. The van der Waals surface area contributed by atoms with Gasteiger partial charge in [-0.25, -0.2) is 8.70 Å². The molecule has 80 valence electrons. The predicted molar refractivity (Wildman–Crippen MR) is 51.7 cm³/mol. The maximum Gasteiger partial charge on any atom is 0.303 e. The molecule has 0 saturated carbocycles. The Bertz CT molecular complexity index is 253. The lowest BCUT2D eigenvalue weighted by molar-refractivity contribution is -0.146. The zero-order chi connectivity index (χ0) is 10.3. The Hall–Kier alpha value is -0.330. The van der Waals surface area contributed by atoms with E-state index in [0.29, 0.717) is 13.1 Å². The molecular formula is C8H13FN2O2S. The number of carbonyl (C=O) groups excluding carboxylic acids is 1. The summed E-state index contributed by atoms with van der Waals surface area (Å²) in [6.45, 7) is 2.15. The fourth-order valence-corrected chi connectivity index (χ4v) is 2.63. The first-order valence-electron chi connectivity index (χ1n) is 4.60. The highest BCUT2D eigenvalue weighted by Gasteiger charge is 2.50. The molecule has 2 unspecified atom stereocenters. The van der Waals surface area contributed by atoms with Gasteiger partial charge in [-0.15, -0.1) is 0 Å². The SMILES string of the molecule is CC(=O)O[C@@H]1CN(S)C2C1NC[C@H]2F. The molecule has 0 aromatic heterocycles. The van der Waals surface area contributed by atoms with Crippen LogP contribution in [0.1, 0.15) is 6.92 Å². The van der Waals surface area contributed by atoms with Gasteiger partial charge in [-0.2, -0.15) is 0 Å². The first kappa shape index (κ1) is 10.2. The smallest absolute Gasteiger partial charge is 0.303 e. The van der Waals surface area contributed by atoms with Crippen molar-refractivity contribution < 1.29 is 13.9 Å². The highest BCUT2D eigenvalue weighted by molar-refractivity contribution is 7.77. The van der Waals surface area contributed by atoms with Gasteiger partial charge in [-0.05, 0) is 0 Å². The van der Waals surface area contributed by atoms with E-state index in [-0.39, 0.29) is 24.2 Å². The number of hydrogen-bond acceptors (Lipinski definition) is 5. The molecular weight excluding hydrogens is 207 g/mol. The van der Waals surface area contributed by atoms with E-state index in [1.165, 1.54) is 6.92 Å². The zero-order valence-electron chi connectivity index (χ0n) is 7.81. The van der Waals surface area contributed by atoms with Crippen LogP contribution in [0.3, 0.4) is 0 Å². The van der Waals surface area contributed by atoms with Crippen molar-refractivity contribution in [3.8, 4) is 0 Å². The number of carbonyl (C=O) groups is 1. The fourth-order valence-electron chi connectivity index (χ4n) is 2.18. The molecule has 14 heavy (non-hydrogen) atoms. The van der Waals surface area contributed by atoms with Crippen LogP contribution in [-0.4, -0.2) is 47.7 Å². The molecule has 0 bridgehead atoms. The molecule has 0 aromatic rings. The van der Waals surface area contributed by atoms with Gasteiger partial charge in [0.25, 0.3) is 0 Å². The van der Waals surface area contributed by atoms with E-state index in [2.05, 4.69) is 18.1 Å². The van der Waals surface area contributed by atoms with Crippen LogP contribution in [0.5, 0.6) is 0 Å². The number of esters is 1. The third-order valence-corrected chi connectivity index (χ3v) is 3.15. The minimum absolute atomic E-state index is 0.119. The Morgan fingerprint density at radius 2 is 2.43 bits per heavy atom. The summed E-state index contributed by atoms with van der Waals surface area (Å²) in [6.07, 6.45) is -1.21. The van der Waals surface area contributed by atoms with E-state index in [1.807, 2.05) is 0 Å². The molecule has 2 heterocycles. The summed E-state index contributed by atoms with van der Waals surface area (Å²) < 4.78 is 20.0. The standard InChI is InChI=1S/C8H13FN2O2S/c1-4(12)13-6-3-11(14)8-5(9)2-10-7(6)8/h5-8,10,14H,2-3H2,1H3/t5-,6-,7?,8?/m1/s1. The van der Waals surface area contributed by atoms with E-state index < -0.39 is 6.17 Å². The van der Waals surface area contributed by atoms with Crippen molar-refractivity contribution in [3.05, 3.63) is 0 Å². The normalized spacial score (nSPS) is 42.5. The number of rotatable bonds is 1. The summed E-state index contributed by atoms with van der Waals surface area (Å²) in [5.74, 6) is -0.332. The van der Waals surface area contributed by atoms with Crippen molar-refractivity contribution >= 4 is 18.8 Å². The highest BCUT2D eigenvalue weighted by atomic mass is 32.1. The van der Waals surface area contributed by atoms with E-state index in [9.17, 15) is 9.18 Å². The minimum Gasteiger partial charge on any atom is -0.459 e. The van der Waals surface area contributed by atoms with Gasteiger partial charge in [0.05, 0.1) is 12.1 Å². The first-order chi connectivity index (χ1) is 6.59. The maximum absolute atomic E-state index is 13.3. The molecule has 2 fully saturated rings. The molecule has 4 atom stereocenters. The van der Waals surface area contributed by atoms with Crippen LogP contribution in [0.15, 0.2) is 0 Å². The molecule has 2 aliphatic heterocycles. The largest absolute Gasteiger partial charge is 0.459 e. The number of alkyl halides is 1. The van der Waals surface area contributed by atoms with E-state index in [0.717, 1.165) is 0 Å². The van der Waals surface area contributed by atoms with Crippen LogP contribution < -0.4 is 5.32 Å². The van der Waals surface area contributed by atoms with Crippen LogP contribution in [-0.2, 0) is 9.53 Å². The van der Waals surface area contributed by atoms with Crippen molar-refractivity contribution in [3.63, 3.8) is 0 Å². The van der Waals surface area contributed by atoms with Gasteiger partial charge >= 0.3 is 5.97 Å². The number of fused-ring (bicyclic) bond motifs is 1. The van der Waals surface area contributed by atoms with Crippen LogP contribution in [0.25, 0.3) is 0 Å². The van der Waals surface area contributed by atoms with E-state index >= 15 is 0 Å². The molecule has 4 nitrogen and oxygen atoms in total. The van der Waals surface area contributed by atoms with Crippen molar-refractivity contribution in [1.82, 2.24) is 9.62 Å². The topological polar surface area (TPSA) is 41.6 Å². The lowest BCUT2D eigenvalue weighted by Crippen LogP contribution is -2.40. The predicted octanol–water partition coefficient (Wildman–Crippen LogP) is -0.243. The van der Waals surface area contributed by atoms with Gasteiger partial charge in [0.15, 0.2) is 0 Å². The second kappa shape index (κ2) is 3.67. The Balaban J connectivity index is 2.06. The third-order valence-electron chi connectivity index (χ3n) is 2.72. The van der Waals surface area contributed by atoms with Crippen LogP contribution in [0.2, 0.25) is 0 Å². The molecule has 0 amide bonds. The molecule has 0 radical (unpaired) electrons.